The summed E-state index contributed by atoms with van der Waals surface area (Å²) >= 11 is 0. The Kier molecular flexibility index (Phi) is 4.48. The van der Waals surface area contributed by atoms with Crippen LogP contribution >= 0.6 is 0 Å². The molecule has 6 heteroatoms. The van der Waals surface area contributed by atoms with Crippen LogP contribution in [-0.2, 0) is 0 Å². The number of nitriles is 1. The molecule has 1 rings (SSSR count). The van der Waals surface area contributed by atoms with Crippen LogP contribution in [0, 0.1) is 17.2 Å². The van der Waals surface area contributed by atoms with E-state index in [2.05, 4.69) is 21.5 Å². The molecule has 0 amide bonds. The van der Waals surface area contributed by atoms with Gasteiger partial charge in [0.05, 0.1) is 24.4 Å². The van der Waals surface area contributed by atoms with Gasteiger partial charge < -0.3 is 10.3 Å². The number of rotatable bonds is 5. The average molecular weight is 220 g/mol. The lowest BCUT2D eigenvalue weighted by molar-refractivity contribution is 0.678. The van der Waals surface area contributed by atoms with Gasteiger partial charge in [-0.05, 0) is 13.8 Å². The van der Waals surface area contributed by atoms with Crippen molar-refractivity contribution in [3.05, 3.63) is 12.4 Å². The summed E-state index contributed by atoms with van der Waals surface area (Å²) in [6, 6.07) is 2.20. The van der Waals surface area contributed by atoms with Crippen molar-refractivity contribution >= 4 is 11.6 Å². The molecule has 1 unspecified atom stereocenters. The van der Waals surface area contributed by atoms with E-state index >= 15 is 0 Å². The normalized spacial score (nSPS) is 11.6. The first kappa shape index (κ1) is 12.2. The van der Waals surface area contributed by atoms with Crippen LogP contribution in [0.2, 0.25) is 0 Å². The van der Waals surface area contributed by atoms with Gasteiger partial charge in [-0.1, -0.05) is 0 Å². The van der Waals surface area contributed by atoms with Crippen LogP contribution in [0.1, 0.15) is 13.8 Å². The molecule has 1 atom stereocenters. The van der Waals surface area contributed by atoms with Crippen molar-refractivity contribution in [3.63, 3.8) is 0 Å². The zero-order valence-electron chi connectivity index (χ0n) is 9.51. The molecular weight excluding hydrogens is 204 g/mol. The SMILES string of the molecule is CCN(CC(C)C#N)c1cncc(NN)n1. The highest BCUT2D eigenvalue weighted by atomic mass is 15.3. The third kappa shape index (κ3) is 3.07. The van der Waals surface area contributed by atoms with Crippen LogP contribution < -0.4 is 16.2 Å². The van der Waals surface area contributed by atoms with E-state index in [1.165, 1.54) is 0 Å². The van der Waals surface area contributed by atoms with Gasteiger partial charge in [0, 0.05) is 13.1 Å². The average Bonchev–Trinajstić information content (AvgIpc) is 2.35. The molecule has 0 aromatic carbocycles. The highest BCUT2D eigenvalue weighted by Gasteiger charge is 2.10. The Bertz CT molecular complexity index is 372. The maximum Gasteiger partial charge on any atom is 0.160 e. The minimum Gasteiger partial charge on any atom is -0.354 e. The van der Waals surface area contributed by atoms with E-state index in [0.717, 1.165) is 12.4 Å². The predicted molar refractivity (Wildman–Crippen MR) is 62.5 cm³/mol. The number of anilines is 2. The molecule has 3 N–H and O–H groups in total. The highest BCUT2D eigenvalue weighted by Crippen LogP contribution is 2.13. The second kappa shape index (κ2) is 5.88. The Hall–Kier alpha value is -1.87. The van der Waals surface area contributed by atoms with Crippen LogP contribution in [0.4, 0.5) is 11.6 Å². The number of nitrogens with one attached hydrogen (secondary N) is 1. The first-order chi connectivity index (χ1) is 7.71. The quantitative estimate of drug-likeness (QED) is 0.562. The number of nitrogens with two attached hydrogens (primary N) is 1. The number of nitrogen functional groups attached to an aromatic ring is 1. The smallest absolute Gasteiger partial charge is 0.160 e. The number of aromatic nitrogens is 2. The van der Waals surface area contributed by atoms with Gasteiger partial charge in [0.15, 0.2) is 5.82 Å². The van der Waals surface area contributed by atoms with Gasteiger partial charge in [-0.15, -0.1) is 0 Å². The molecule has 0 saturated heterocycles. The third-order valence-corrected chi connectivity index (χ3v) is 2.19. The summed E-state index contributed by atoms with van der Waals surface area (Å²) in [5, 5.41) is 8.78. The molecule has 1 aromatic rings. The lowest BCUT2D eigenvalue weighted by Gasteiger charge is -2.22. The van der Waals surface area contributed by atoms with Gasteiger partial charge in [-0.2, -0.15) is 5.26 Å². The summed E-state index contributed by atoms with van der Waals surface area (Å²) in [6.07, 6.45) is 3.21. The molecule has 6 nitrogen and oxygen atoms in total. The molecule has 0 fully saturated rings. The third-order valence-electron chi connectivity index (χ3n) is 2.19. The molecule has 0 radical (unpaired) electrons. The molecule has 0 spiro atoms. The van der Waals surface area contributed by atoms with Gasteiger partial charge in [0.25, 0.3) is 0 Å². The lowest BCUT2D eigenvalue weighted by atomic mass is 10.2. The van der Waals surface area contributed by atoms with Crippen molar-refractivity contribution in [1.82, 2.24) is 9.97 Å². The summed E-state index contributed by atoms with van der Waals surface area (Å²) in [5.41, 5.74) is 2.45. The van der Waals surface area contributed by atoms with Crippen LogP contribution in [0.15, 0.2) is 12.4 Å². The monoisotopic (exact) mass is 220 g/mol. The Morgan fingerprint density at radius 2 is 2.38 bits per heavy atom. The van der Waals surface area contributed by atoms with E-state index in [1.54, 1.807) is 12.4 Å². The van der Waals surface area contributed by atoms with Gasteiger partial charge in [0.2, 0.25) is 0 Å². The van der Waals surface area contributed by atoms with Crippen molar-refractivity contribution in [2.75, 3.05) is 23.4 Å². The molecule has 0 bridgehead atoms. The maximum atomic E-state index is 8.78. The zero-order chi connectivity index (χ0) is 12.0. The number of hydrogen-bond donors (Lipinski definition) is 2. The van der Waals surface area contributed by atoms with E-state index in [1.807, 2.05) is 18.7 Å². The van der Waals surface area contributed by atoms with Crippen LogP contribution in [0.3, 0.4) is 0 Å². The molecule has 0 aliphatic heterocycles. The molecular formula is C10H16N6. The van der Waals surface area contributed by atoms with Crippen LogP contribution in [0.25, 0.3) is 0 Å². The van der Waals surface area contributed by atoms with Crippen molar-refractivity contribution in [2.45, 2.75) is 13.8 Å². The molecule has 0 aliphatic rings. The fourth-order valence-corrected chi connectivity index (χ4v) is 1.33. The van der Waals surface area contributed by atoms with E-state index in [4.69, 9.17) is 11.1 Å². The molecule has 1 aromatic heterocycles. The molecule has 86 valence electrons. The van der Waals surface area contributed by atoms with E-state index in [0.29, 0.717) is 12.4 Å². The van der Waals surface area contributed by atoms with Gasteiger partial charge in [0.1, 0.15) is 5.82 Å². The number of nitrogens with zero attached hydrogens (tertiary/aromatic N) is 4. The largest absolute Gasteiger partial charge is 0.354 e. The van der Waals surface area contributed by atoms with E-state index in [-0.39, 0.29) is 5.92 Å². The fraction of sp³-hybridized carbons (Fsp3) is 0.500. The summed E-state index contributed by atoms with van der Waals surface area (Å²) < 4.78 is 0. The Morgan fingerprint density at radius 1 is 1.62 bits per heavy atom. The highest BCUT2D eigenvalue weighted by molar-refractivity contribution is 5.43. The number of hydrogen-bond acceptors (Lipinski definition) is 6. The fourth-order valence-electron chi connectivity index (χ4n) is 1.33. The minimum atomic E-state index is -0.0451. The van der Waals surface area contributed by atoms with Crippen LogP contribution in [-0.4, -0.2) is 23.1 Å². The first-order valence-electron chi connectivity index (χ1n) is 5.14. The lowest BCUT2D eigenvalue weighted by Crippen LogP contribution is -2.29. The van der Waals surface area contributed by atoms with E-state index in [9.17, 15) is 0 Å². The van der Waals surface area contributed by atoms with Crippen LogP contribution in [0.5, 0.6) is 0 Å². The molecule has 1 heterocycles. The van der Waals surface area contributed by atoms with Gasteiger partial charge in [-0.3, -0.25) is 4.98 Å². The summed E-state index contributed by atoms with van der Waals surface area (Å²) in [7, 11) is 0. The van der Waals surface area contributed by atoms with Crippen molar-refractivity contribution in [3.8, 4) is 6.07 Å². The number of hydrazine groups is 1. The Morgan fingerprint density at radius 3 is 2.94 bits per heavy atom. The minimum absolute atomic E-state index is 0.0451. The van der Waals surface area contributed by atoms with Crippen molar-refractivity contribution in [1.29, 1.82) is 5.26 Å². The van der Waals surface area contributed by atoms with Gasteiger partial charge >= 0.3 is 0 Å². The standard InChI is InChI=1S/C10H16N6/c1-3-16(7-8(2)4-11)10-6-13-5-9(14-10)15-12/h5-6,8H,3,7,12H2,1-2H3,(H,14,15). The predicted octanol–water partition coefficient (Wildman–Crippen LogP) is 0.748. The van der Waals surface area contributed by atoms with Crippen molar-refractivity contribution < 1.29 is 0 Å². The second-order valence-electron chi connectivity index (χ2n) is 3.48. The zero-order valence-corrected chi connectivity index (χ0v) is 9.51. The first-order valence-corrected chi connectivity index (χ1v) is 5.14. The molecule has 0 saturated carbocycles. The summed E-state index contributed by atoms with van der Waals surface area (Å²) in [4.78, 5) is 10.3. The molecule has 16 heavy (non-hydrogen) atoms. The summed E-state index contributed by atoms with van der Waals surface area (Å²) in [6.45, 7) is 5.29. The van der Waals surface area contributed by atoms with Crippen molar-refractivity contribution in [2.24, 2.45) is 11.8 Å². The maximum absolute atomic E-state index is 8.78. The van der Waals surface area contributed by atoms with Gasteiger partial charge in [-0.25, -0.2) is 10.8 Å². The Balaban J connectivity index is 2.82. The second-order valence-corrected chi connectivity index (χ2v) is 3.48. The topological polar surface area (TPSA) is 90.9 Å². The van der Waals surface area contributed by atoms with E-state index < -0.39 is 0 Å². The summed E-state index contributed by atoms with van der Waals surface area (Å²) in [5.74, 6) is 6.46. The molecule has 0 aliphatic carbocycles. The Labute approximate surface area is 95.1 Å².